The molecular weight excluding hydrogens is 603 g/mol. The molecule has 2 N–H and O–H groups in total. The highest BCUT2D eigenvalue weighted by atomic mass is 32.1. The van der Waals surface area contributed by atoms with E-state index in [1.54, 1.807) is 0 Å². The molecule has 3 nitrogen and oxygen atoms in total. The number of aromatic nitrogens is 1. The van der Waals surface area contributed by atoms with Gasteiger partial charge in [0.1, 0.15) is 0 Å². The molecule has 0 saturated heterocycles. The average Bonchev–Trinajstić information content (AvgIpc) is 3.48. The van der Waals surface area contributed by atoms with Crippen LogP contribution < -0.4 is 10.6 Å². The standard InChI is InChI=1S/C44H31N3S/c45-41-27-26-37-36-25-23-35(28-31(36)16-24-40(37)44(41)48)46(32-17-14-30(15-18-32)29-8-2-1-3-9-29)33-19-21-34(22-20-33)47-42-12-6-4-10-38(42)39-11-5-7-13-43(39)47/h1-28,48H,45H2. The first-order chi connectivity index (χ1) is 23.6. The fourth-order valence-electron chi connectivity index (χ4n) is 7.11. The molecule has 0 unspecified atom stereocenters. The smallest absolute Gasteiger partial charge is 0.0541 e. The van der Waals surface area contributed by atoms with E-state index in [0.717, 1.165) is 43.8 Å². The fraction of sp³-hybridized carbons (Fsp3) is 0. The Labute approximate surface area is 284 Å². The van der Waals surface area contributed by atoms with Gasteiger partial charge in [-0.2, -0.15) is 0 Å². The van der Waals surface area contributed by atoms with Gasteiger partial charge in [0.2, 0.25) is 0 Å². The van der Waals surface area contributed by atoms with Crippen LogP contribution in [0, 0.1) is 0 Å². The summed E-state index contributed by atoms with van der Waals surface area (Å²) in [6.45, 7) is 0. The highest BCUT2D eigenvalue weighted by Crippen LogP contribution is 2.40. The van der Waals surface area contributed by atoms with E-state index >= 15 is 0 Å². The van der Waals surface area contributed by atoms with Crippen molar-refractivity contribution in [2.24, 2.45) is 0 Å². The number of benzene rings is 8. The van der Waals surface area contributed by atoms with E-state index in [0.29, 0.717) is 5.69 Å². The largest absolute Gasteiger partial charge is 0.398 e. The van der Waals surface area contributed by atoms with E-state index in [4.69, 9.17) is 18.4 Å². The van der Waals surface area contributed by atoms with Crippen LogP contribution in [-0.2, 0) is 0 Å². The molecule has 0 fully saturated rings. The van der Waals surface area contributed by atoms with E-state index in [9.17, 15) is 0 Å². The molecule has 9 aromatic rings. The number of thiol groups is 1. The summed E-state index contributed by atoms with van der Waals surface area (Å²) in [5, 5.41) is 7.06. The molecule has 0 aliphatic rings. The lowest BCUT2D eigenvalue weighted by molar-refractivity contribution is 1.17. The molecule has 9 rings (SSSR count). The summed E-state index contributed by atoms with van der Waals surface area (Å²) >= 11 is 4.71. The van der Waals surface area contributed by atoms with E-state index in [-0.39, 0.29) is 0 Å². The lowest BCUT2D eigenvalue weighted by Gasteiger charge is -2.26. The molecule has 0 radical (unpaired) electrons. The second-order valence-corrected chi connectivity index (χ2v) is 12.7. The number of hydrogen-bond acceptors (Lipinski definition) is 3. The second kappa shape index (κ2) is 11.4. The summed E-state index contributed by atoms with van der Waals surface area (Å²) in [4.78, 5) is 3.16. The summed E-state index contributed by atoms with van der Waals surface area (Å²) in [6.07, 6.45) is 0. The van der Waals surface area contributed by atoms with Gasteiger partial charge in [-0.05, 0) is 99.4 Å². The number of para-hydroxylation sites is 2. The van der Waals surface area contributed by atoms with Gasteiger partial charge in [0.25, 0.3) is 0 Å². The third kappa shape index (κ3) is 4.61. The van der Waals surface area contributed by atoms with Crippen molar-refractivity contribution in [1.29, 1.82) is 0 Å². The first-order valence-electron chi connectivity index (χ1n) is 16.1. The number of nitrogens with two attached hydrogens (primary N) is 1. The molecule has 0 aliphatic heterocycles. The maximum Gasteiger partial charge on any atom is 0.0541 e. The zero-order valence-corrected chi connectivity index (χ0v) is 27.0. The van der Waals surface area contributed by atoms with E-state index in [1.165, 1.54) is 38.3 Å². The Hall–Kier alpha value is -5.97. The molecule has 8 aromatic carbocycles. The van der Waals surface area contributed by atoms with Crippen LogP contribution in [0.5, 0.6) is 0 Å². The third-order valence-corrected chi connectivity index (χ3v) is 9.94. The van der Waals surface area contributed by atoms with Crippen LogP contribution in [0.2, 0.25) is 0 Å². The highest BCUT2D eigenvalue weighted by Gasteiger charge is 2.16. The van der Waals surface area contributed by atoms with Crippen LogP contribution >= 0.6 is 12.6 Å². The maximum absolute atomic E-state index is 6.18. The van der Waals surface area contributed by atoms with Gasteiger partial charge in [-0.3, -0.25) is 0 Å². The molecule has 0 bridgehead atoms. The number of anilines is 4. The van der Waals surface area contributed by atoms with Gasteiger partial charge >= 0.3 is 0 Å². The number of fused-ring (bicyclic) bond motifs is 6. The van der Waals surface area contributed by atoms with Crippen molar-refractivity contribution in [2.45, 2.75) is 4.90 Å². The Balaban J connectivity index is 1.19. The maximum atomic E-state index is 6.18. The first kappa shape index (κ1) is 28.3. The molecule has 0 amide bonds. The highest BCUT2D eigenvalue weighted by molar-refractivity contribution is 7.80. The predicted octanol–water partition coefficient (Wildman–Crippen LogP) is 12.1. The van der Waals surface area contributed by atoms with Crippen molar-refractivity contribution >= 4 is 78.7 Å². The number of rotatable bonds is 5. The van der Waals surface area contributed by atoms with Crippen molar-refractivity contribution in [3.8, 4) is 16.8 Å². The third-order valence-electron chi connectivity index (χ3n) is 9.44. The summed E-state index contributed by atoms with van der Waals surface area (Å²) in [5.74, 6) is 0. The molecule has 1 heterocycles. The molecular formula is C44H31N3S. The van der Waals surface area contributed by atoms with Crippen LogP contribution in [0.4, 0.5) is 22.7 Å². The molecule has 48 heavy (non-hydrogen) atoms. The fourth-order valence-corrected chi connectivity index (χ4v) is 7.38. The van der Waals surface area contributed by atoms with Crippen molar-refractivity contribution < 1.29 is 0 Å². The predicted molar refractivity (Wildman–Crippen MR) is 208 cm³/mol. The Morgan fingerprint density at radius 1 is 0.438 bits per heavy atom. The van der Waals surface area contributed by atoms with Crippen LogP contribution in [-0.4, -0.2) is 4.57 Å². The molecule has 228 valence electrons. The van der Waals surface area contributed by atoms with Gasteiger partial charge in [0.05, 0.1) is 11.0 Å². The van der Waals surface area contributed by atoms with Crippen molar-refractivity contribution in [2.75, 3.05) is 10.6 Å². The van der Waals surface area contributed by atoms with Gasteiger partial charge < -0.3 is 15.2 Å². The summed E-state index contributed by atoms with van der Waals surface area (Å²) in [6, 6.07) is 60.6. The summed E-state index contributed by atoms with van der Waals surface area (Å²) in [7, 11) is 0. The van der Waals surface area contributed by atoms with Crippen LogP contribution in [0.15, 0.2) is 175 Å². The van der Waals surface area contributed by atoms with Gasteiger partial charge in [-0.15, -0.1) is 12.6 Å². The van der Waals surface area contributed by atoms with Crippen molar-refractivity contribution in [3.05, 3.63) is 170 Å². The Morgan fingerprint density at radius 3 is 1.67 bits per heavy atom. The number of nitrogens with zero attached hydrogens (tertiary/aromatic N) is 2. The SMILES string of the molecule is Nc1ccc2c(ccc3cc(N(c4ccc(-c5ccccc5)cc4)c4ccc(-n5c6ccccc6c6ccccc65)cc4)ccc32)c1S. The zero-order valence-electron chi connectivity index (χ0n) is 26.1. The minimum absolute atomic E-state index is 0.691. The Kier molecular flexibility index (Phi) is 6.70. The van der Waals surface area contributed by atoms with Gasteiger partial charge in [0, 0.05) is 44.1 Å². The Bertz CT molecular complexity index is 2570. The monoisotopic (exact) mass is 633 g/mol. The lowest BCUT2D eigenvalue weighted by Crippen LogP contribution is -2.10. The van der Waals surface area contributed by atoms with E-state index in [2.05, 4.69) is 173 Å². The van der Waals surface area contributed by atoms with Crippen molar-refractivity contribution in [3.63, 3.8) is 0 Å². The Morgan fingerprint density at radius 2 is 0.979 bits per heavy atom. The molecule has 0 saturated carbocycles. The molecule has 4 heteroatoms. The summed E-state index contributed by atoms with van der Waals surface area (Å²) < 4.78 is 2.36. The van der Waals surface area contributed by atoms with Crippen molar-refractivity contribution in [1.82, 2.24) is 4.57 Å². The quantitative estimate of drug-likeness (QED) is 0.112. The minimum atomic E-state index is 0.691. The first-order valence-corrected chi connectivity index (χ1v) is 16.6. The molecule has 0 aliphatic carbocycles. The van der Waals surface area contributed by atoms with E-state index in [1.807, 2.05) is 6.07 Å². The zero-order chi connectivity index (χ0) is 32.2. The van der Waals surface area contributed by atoms with Gasteiger partial charge in [0.15, 0.2) is 0 Å². The van der Waals surface area contributed by atoms with E-state index < -0.39 is 0 Å². The number of hydrogen-bond donors (Lipinski definition) is 2. The average molecular weight is 634 g/mol. The minimum Gasteiger partial charge on any atom is -0.398 e. The topological polar surface area (TPSA) is 34.2 Å². The number of nitrogen functional groups attached to an aromatic ring is 1. The molecule has 0 spiro atoms. The molecule has 1 aromatic heterocycles. The van der Waals surface area contributed by atoms with Crippen LogP contribution in [0.1, 0.15) is 0 Å². The second-order valence-electron chi connectivity index (χ2n) is 12.2. The molecule has 0 atom stereocenters. The van der Waals surface area contributed by atoms with Crippen LogP contribution in [0.3, 0.4) is 0 Å². The summed E-state index contributed by atoms with van der Waals surface area (Å²) in [5.41, 5.74) is 16.0. The van der Waals surface area contributed by atoms with Gasteiger partial charge in [-0.1, -0.05) is 103 Å². The normalized spacial score (nSPS) is 11.5. The lowest BCUT2D eigenvalue weighted by atomic mass is 10.00. The van der Waals surface area contributed by atoms with Gasteiger partial charge in [-0.25, -0.2) is 0 Å². The van der Waals surface area contributed by atoms with Crippen LogP contribution in [0.25, 0.3) is 60.2 Å².